The van der Waals surface area contributed by atoms with E-state index in [9.17, 15) is 9.90 Å². The Labute approximate surface area is 160 Å². The number of aryl methyl sites for hydroxylation is 1. The fourth-order valence-corrected chi connectivity index (χ4v) is 7.31. The Kier molecular flexibility index (Phi) is 9.68. The molecule has 0 unspecified atom stereocenters. The average molecular weight is 397 g/mol. The smallest absolute Gasteiger partial charge is 0.333 e. The van der Waals surface area contributed by atoms with Crippen LogP contribution in [0.5, 0.6) is 11.5 Å². The summed E-state index contributed by atoms with van der Waals surface area (Å²) in [7, 11) is -0.637. The summed E-state index contributed by atoms with van der Waals surface area (Å²) in [6.45, 7) is 10.2. The van der Waals surface area contributed by atoms with E-state index in [2.05, 4.69) is 19.7 Å². The fourth-order valence-electron chi connectivity index (χ4n) is 2.51. The molecule has 0 atom stereocenters. The molecule has 1 aromatic rings. The van der Waals surface area contributed by atoms with Gasteiger partial charge in [-0.3, -0.25) is 0 Å². The van der Waals surface area contributed by atoms with E-state index in [-0.39, 0.29) is 11.7 Å². The van der Waals surface area contributed by atoms with E-state index in [1.54, 1.807) is 20.1 Å². The molecule has 0 heterocycles. The van der Waals surface area contributed by atoms with Crippen LogP contribution in [-0.4, -0.2) is 42.9 Å². The van der Waals surface area contributed by atoms with Crippen LogP contribution in [0.2, 0.25) is 25.2 Å². The van der Waals surface area contributed by atoms with Gasteiger partial charge >= 0.3 is 5.97 Å². The van der Waals surface area contributed by atoms with Crippen LogP contribution in [0.4, 0.5) is 0 Å². The number of aromatic hydroxyl groups is 1. The lowest BCUT2D eigenvalue weighted by molar-refractivity contribution is -0.138. The molecule has 1 rings (SSSR count). The van der Waals surface area contributed by atoms with E-state index in [1.807, 2.05) is 12.1 Å². The molecule has 5 nitrogen and oxygen atoms in total. The van der Waals surface area contributed by atoms with E-state index in [0.717, 1.165) is 31.4 Å². The minimum absolute atomic E-state index is 0.175. The molecule has 7 heteroatoms. The summed E-state index contributed by atoms with van der Waals surface area (Å²) in [5, 5.41) is 9.64. The second-order valence-electron chi connectivity index (χ2n) is 7.09. The van der Waals surface area contributed by atoms with Crippen molar-refractivity contribution in [3.05, 3.63) is 35.9 Å². The first-order valence-electron chi connectivity index (χ1n) is 9.07. The van der Waals surface area contributed by atoms with E-state index in [4.69, 9.17) is 13.6 Å². The van der Waals surface area contributed by atoms with Gasteiger partial charge in [0.25, 0.3) is 0 Å². The third-order valence-electron chi connectivity index (χ3n) is 4.10. The van der Waals surface area contributed by atoms with Crippen LogP contribution < -0.4 is 4.74 Å². The Morgan fingerprint density at radius 1 is 1.31 bits per heavy atom. The third-order valence-corrected chi connectivity index (χ3v) is 10.4. The number of phenols is 1. The average Bonchev–Trinajstić information content (AvgIpc) is 2.58. The number of hydrogen-bond acceptors (Lipinski definition) is 5. The summed E-state index contributed by atoms with van der Waals surface area (Å²) in [6, 6.07) is 7.64. The van der Waals surface area contributed by atoms with Crippen molar-refractivity contribution in [2.75, 3.05) is 13.7 Å². The Morgan fingerprint density at radius 2 is 2.04 bits per heavy atom. The first kappa shape index (κ1) is 22.5. The monoisotopic (exact) mass is 396 g/mol. The van der Waals surface area contributed by atoms with Crippen molar-refractivity contribution in [3.8, 4) is 11.5 Å². The Hall–Kier alpha value is -1.58. The largest absolute Gasteiger partial charge is 0.504 e. The van der Waals surface area contributed by atoms with Crippen LogP contribution in [0.25, 0.3) is 0 Å². The van der Waals surface area contributed by atoms with Gasteiger partial charge in [-0.15, -0.1) is 0 Å². The van der Waals surface area contributed by atoms with Gasteiger partial charge in [0.2, 0.25) is 0 Å². The van der Waals surface area contributed by atoms with Crippen LogP contribution in [0.15, 0.2) is 30.4 Å². The fraction of sp³-hybridized carbons (Fsp3) is 0.526. The van der Waals surface area contributed by atoms with Crippen LogP contribution in [0.1, 0.15) is 25.3 Å². The summed E-state index contributed by atoms with van der Waals surface area (Å²) >= 11 is 0. The first-order valence-corrected chi connectivity index (χ1v) is 13.8. The molecule has 0 aliphatic rings. The van der Waals surface area contributed by atoms with Crippen molar-refractivity contribution in [2.45, 2.75) is 51.4 Å². The van der Waals surface area contributed by atoms with Gasteiger partial charge in [-0.1, -0.05) is 12.6 Å². The number of esters is 1. The molecule has 0 amide bonds. The van der Waals surface area contributed by atoms with Crippen LogP contribution in [0, 0.1) is 0 Å². The molecule has 1 N–H and O–H groups in total. The lowest BCUT2D eigenvalue weighted by atomic mass is 10.1. The Morgan fingerprint density at radius 3 is 2.69 bits per heavy atom. The van der Waals surface area contributed by atoms with Crippen molar-refractivity contribution in [1.82, 2.24) is 0 Å². The highest BCUT2D eigenvalue weighted by atomic mass is 28.4. The maximum absolute atomic E-state index is 11.3. The highest BCUT2D eigenvalue weighted by Crippen LogP contribution is 2.27. The van der Waals surface area contributed by atoms with Crippen molar-refractivity contribution < 1.29 is 23.5 Å². The van der Waals surface area contributed by atoms with Gasteiger partial charge in [-0.05, 0) is 69.1 Å². The normalized spacial score (nSPS) is 11.7. The van der Waals surface area contributed by atoms with Crippen molar-refractivity contribution >= 4 is 24.0 Å². The van der Waals surface area contributed by atoms with Gasteiger partial charge in [0.15, 0.2) is 19.8 Å². The van der Waals surface area contributed by atoms with E-state index < -0.39 is 18.1 Å². The number of hydrogen-bond donors (Lipinski definition) is 1. The Bertz CT molecular complexity index is 602. The number of ether oxygens (including phenoxy) is 2. The molecule has 0 saturated carbocycles. The zero-order valence-corrected chi connectivity index (χ0v) is 18.9. The standard InChI is InChI=1S/C19H32O5Si2/c1-15(2)19(21)23-11-7-12-25-24-26(4,5)13-6-8-16-9-10-17(20)18(14-16)22-3/h9-10,14,20H,1,6-8,11-13,25H2,2-5H3. The van der Waals surface area contributed by atoms with Gasteiger partial charge in [0, 0.05) is 5.57 Å². The summed E-state index contributed by atoms with van der Waals surface area (Å²) in [5.74, 6) is 0.386. The second kappa shape index (κ2) is 11.2. The van der Waals surface area contributed by atoms with E-state index in [0.29, 0.717) is 17.9 Å². The Balaban J connectivity index is 2.21. The molecule has 0 aromatic heterocycles. The number of benzene rings is 1. The second-order valence-corrected chi connectivity index (χ2v) is 13.4. The highest BCUT2D eigenvalue weighted by Gasteiger charge is 2.21. The predicted molar refractivity (Wildman–Crippen MR) is 110 cm³/mol. The lowest BCUT2D eigenvalue weighted by Crippen LogP contribution is -2.32. The van der Waals surface area contributed by atoms with Gasteiger partial charge in [0.05, 0.1) is 13.7 Å². The van der Waals surface area contributed by atoms with Crippen LogP contribution in [-0.2, 0) is 20.1 Å². The molecule has 1 aromatic carbocycles. The quantitative estimate of drug-likeness (QED) is 0.253. The summed E-state index contributed by atoms with van der Waals surface area (Å²) in [4.78, 5) is 11.3. The molecule has 146 valence electrons. The third kappa shape index (κ3) is 8.69. The van der Waals surface area contributed by atoms with Crippen molar-refractivity contribution in [3.63, 3.8) is 0 Å². The molecular formula is C19H32O5Si2. The molecule has 0 fully saturated rings. The lowest BCUT2D eigenvalue weighted by Gasteiger charge is -2.23. The molecule has 0 spiro atoms. The molecular weight excluding hydrogens is 364 g/mol. The molecule has 0 radical (unpaired) electrons. The maximum Gasteiger partial charge on any atom is 0.333 e. The number of carbonyl (C=O) groups is 1. The number of methoxy groups -OCH3 is 1. The number of rotatable bonds is 12. The zero-order valence-electron chi connectivity index (χ0n) is 16.5. The van der Waals surface area contributed by atoms with Crippen LogP contribution in [0.3, 0.4) is 0 Å². The van der Waals surface area contributed by atoms with Crippen molar-refractivity contribution in [1.29, 1.82) is 0 Å². The van der Waals surface area contributed by atoms with Crippen LogP contribution >= 0.6 is 0 Å². The number of carbonyl (C=O) groups excluding carboxylic acids is 1. The minimum Gasteiger partial charge on any atom is -0.504 e. The summed E-state index contributed by atoms with van der Waals surface area (Å²) in [6.07, 6.45) is 2.88. The maximum atomic E-state index is 11.3. The highest BCUT2D eigenvalue weighted by molar-refractivity contribution is 6.75. The SMILES string of the molecule is C=C(C)C(=O)OCCC[SiH2]O[Si](C)(C)CCCc1ccc(O)c(OC)c1. The van der Waals surface area contributed by atoms with Gasteiger partial charge < -0.3 is 18.7 Å². The predicted octanol–water partition coefficient (Wildman–Crippen LogP) is 3.57. The molecule has 0 saturated heterocycles. The summed E-state index contributed by atoms with van der Waals surface area (Å²) < 4.78 is 16.5. The van der Waals surface area contributed by atoms with E-state index in [1.165, 1.54) is 5.56 Å². The number of phenolic OH excluding ortho intramolecular Hbond substituents is 1. The molecule has 0 aliphatic heterocycles. The molecule has 26 heavy (non-hydrogen) atoms. The van der Waals surface area contributed by atoms with Gasteiger partial charge in [0.1, 0.15) is 9.76 Å². The van der Waals surface area contributed by atoms with E-state index >= 15 is 0 Å². The zero-order chi connectivity index (χ0) is 19.6. The minimum atomic E-state index is -1.63. The van der Waals surface area contributed by atoms with Crippen molar-refractivity contribution in [2.24, 2.45) is 0 Å². The first-order chi connectivity index (χ1) is 12.2. The summed E-state index contributed by atoms with van der Waals surface area (Å²) in [5.41, 5.74) is 1.61. The topological polar surface area (TPSA) is 65.0 Å². The molecule has 0 aliphatic carbocycles. The van der Waals surface area contributed by atoms with Gasteiger partial charge in [-0.25, -0.2) is 4.79 Å². The van der Waals surface area contributed by atoms with Gasteiger partial charge in [-0.2, -0.15) is 0 Å². The molecule has 0 bridgehead atoms.